The topological polar surface area (TPSA) is 100 Å². The molecule has 0 aromatic carbocycles. The molecular formula is C57H111NO7. The van der Waals surface area contributed by atoms with Gasteiger partial charge in [-0.1, -0.05) is 265 Å². The summed E-state index contributed by atoms with van der Waals surface area (Å²) < 4.78 is 22.4. The van der Waals surface area contributed by atoms with Crippen LogP contribution >= 0.6 is 0 Å². The van der Waals surface area contributed by atoms with E-state index >= 15 is 0 Å². The van der Waals surface area contributed by atoms with E-state index in [1.165, 1.54) is 225 Å². The first-order valence-corrected chi connectivity index (χ1v) is 28.8. The monoisotopic (exact) mass is 922 g/mol. The number of nitrogens with one attached hydrogen (secondary N) is 1. The number of rotatable bonds is 55. The largest absolute Gasteiger partial charge is 0.463 e. The predicted molar refractivity (Wildman–Crippen MR) is 276 cm³/mol. The van der Waals surface area contributed by atoms with Crippen molar-refractivity contribution in [2.24, 2.45) is 0 Å². The predicted octanol–water partition coefficient (Wildman–Crippen LogP) is 16.8. The highest BCUT2D eigenvalue weighted by Crippen LogP contribution is 2.16. The van der Waals surface area contributed by atoms with Gasteiger partial charge in [0, 0.05) is 26.1 Å². The lowest BCUT2D eigenvalue weighted by Crippen LogP contribution is -2.42. The number of hydrogen-bond acceptors (Lipinski definition) is 7. The molecule has 0 aromatic heterocycles. The number of esters is 2. The molecule has 8 heteroatoms. The summed E-state index contributed by atoms with van der Waals surface area (Å²) in [5, 5.41) is 2.85. The van der Waals surface area contributed by atoms with Gasteiger partial charge >= 0.3 is 11.9 Å². The minimum Gasteiger partial charge on any atom is -0.463 e. The number of carbonyl (C=O) groups excluding carboxylic acids is 3. The summed E-state index contributed by atoms with van der Waals surface area (Å²) in [5.41, 5.74) is 0. The van der Waals surface area contributed by atoms with Gasteiger partial charge in [0.2, 0.25) is 5.91 Å². The van der Waals surface area contributed by atoms with Crippen molar-refractivity contribution in [3.8, 4) is 0 Å². The summed E-state index contributed by atoms with van der Waals surface area (Å²) in [6.45, 7) is 9.14. The van der Waals surface area contributed by atoms with Gasteiger partial charge in [0.1, 0.15) is 19.3 Å². The maximum absolute atomic E-state index is 13.1. The smallest absolute Gasteiger partial charge is 0.328 e. The highest BCUT2D eigenvalue weighted by molar-refractivity contribution is 5.85. The Hall–Kier alpha value is -1.67. The molecule has 0 saturated carbocycles. The molecule has 8 nitrogen and oxygen atoms in total. The lowest BCUT2D eigenvalue weighted by atomic mass is 10.0. The molecule has 0 aliphatic rings. The number of hydrogen-bond donors (Lipinski definition) is 1. The zero-order chi connectivity index (χ0) is 47.2. The fourth-order valence-electron chi connectivity index (χ4n) is 8.67. The molecule has 0 radical (unpaired) electrons. The highest BCUT2D eigenvalue weighted by atomic mass is 16.6. The lowest BCUT2D eigenvalue weighted by molar-refractivity contribution is -0.150. The van der Waals surface area contributed by atoms with E-state index in [1.54, 1.807) is 0 Å². The Kier molecular flexibility index (Phi) is 53.5. The van der Waals surface area contributed by atoms with Gasteiger partial charge in [-0.15, -0.1) is 0 Å². The molecule has 0 spiro atoms. The Morgan fingerprint density at radius 1 is 0.323 bits per heavy atom. The second-order valence-electron chi connectivity index (χ2n) is 19.5. The second kappa shape index (κ2) is 54.9. The van der Waals surface area contributed by atoms with Crippen LogP contribution in [0.2, 0.25) is 0 Å². The van der Waals surface area contributed by atoms with Crippen molar-refractivity contribution in [3.63, 3.8) is 0 Å². The average Bonchev–Trinajstić information content (AvgIpc) is 3.30. The van der Waals surface area contributed by atoms with Crippen LogP contribution in [-0.4, -0.2) is 63.5 Å². The van der Waals surface area contributed by atoms with Crippen LogP contribution < -0.4 is 5.32 Å². The molecule has 0 fully saturated rings. The van der Waals surface area contributed by atoms with Crippen LogP contribution in [0.3, 0.4) is 0 Å². The van der Waals surface area contributed by atoms with E-state index in [-0.39, 0.29) is 32.0 Å². The molecular weight excluding hydrogens is 811 g/mol. The molecule has 0 heterocycles. The summed E-state index contributed by atoms with van der Waals surface area (Å²) in [4.78, 5) is 38.5. The molecule has 0 aromatic rings. The molecule has 65 heavy (non-hydrogen) atoms. The molecule has 386 valence electrons. The third-order valence-electron chi connectivity index (χ3n) is 13.0. The van der Waals surface area contributed by atoms with Gasteiger partial charge in [-0.05, 0) is 25.7 Å². The molecule has 0 aliphatic heterocycles. The van der Waals surface area contributed by atoms with E-state index < -0.39 is 18.0 Å². The average molecular weight is 923 g/mol. The summed E-state index contributed by atoms with van der Waals surface area (Å²) in [5.74, 6) is -1.10. The minimum atomic E-state index is -0.889. The van der Waals surface area contributed by atoms with Crippen LogP contribution in [0.5, 0.6) is 0 Å². The maximum Gasteiger partial charge on any atom is 0.328 e. The van der Waals surface area contributed by atoms with E-state index in [2.05, 4.69) is 26.1 Å². The van der Waals surface area contributed by atoms with Gasteiger partial charge in [0.05, 0.1) is 13.2 Å². The van der Waals surface area contributed by atoms with Crippen LogP contribution in [0.25, 0.3) is 0 Å². The molecule has 0 saturated heterocycles. The van der Waals surface area contributed by atoms with E-state index in [1.807, 2.05) is 0 Å². The number of amides is 1. The zero-order valence-corrected chi connectivity index (χ0v) is 43.8. The van der Waals surface area contributed by atoms with E-state index in [9.17, 15) is 14.4 Å². The first-order valence-electron chi connectivity index (χ1n) is 28.8. The van der Waals surface area contributed by atoms with Crippen LogP contribution in [0, 0.1) is 0 Å². The molecule has 1 atom stereocenters. The van der Waals surface area contributed by atoms with Gasteiger partial charge < -0.3 is 24.3 Å². The molecule has 0 aliphatic carbocycles. The van der Waals surface area contributed by atoms with Gasteiger partial charge in [-0.3, -0.25) is 9.59 Å². The Balaban J connectivity index is 4.16. The van der Waals surface area contributed by atoms with Crippen LogP contribution in [-0.2, 0) is 33.3 Å². The Bertz CT molecular complexity index is 977. The molecule has 0 bridgehead atoms. The van der Waals surface area contributed by atoms with Crippen molar-refractivity contribution in [1.29, 1.82) is 0 Å². The van der Waals surface area contributed by atoms with Crippen LogP contribution in [0.4, 0.5) is 0 Å². The Morgan fingerprint density at radius 3 is 0.954 bits per heavy atom. The molecule has 0 rings (SSSR count). The van der Waals surface area contributed by atoms with Gasteiger partial charge in [0.25, 0.3) is 0 Å². The first kappa shape index (κ1) is 63.3. The van der Waals surface area contributed by atoms with Crippen molar-refractivity contribution in [2.75, 3.05) is 39.6 Å². The van der Waals surface area contributed by atoms with E-state index in [4.69, 9.17) is 18.9 Å². The molecule has 0 unspecified atom stereocenters. The van der Waals surface area contributed by atoms with Crippen LogP contribution in [0.15, 0.2) is 0 Å². The molecule has 1 N–H and O–H groups in total. The first-order chi connectivity index (χ1) is 32.0. The van der Waals surface area contributed by atoms with E-state index in [0.29, 0.717) is 32.8 Å². The van der Waals surface area contributed by atoms with Crippen molar-refractivity contribution in [1.82, 2.24) is 5.32 Å². The van der Waals surface area contributed by atoms with Gasteiger partial charge in [-0.25, -0.2) is 4.79 Å². The SMILES string of the molecule is CCCCCCCCCCCCCCCCCCOCCOC(=O)CC[C@H](NC(=O)CCCCCCCCCCC)C(=O)OCCOCCCCCCCCCCCCCCCCCC. The fourth-order valence-corrected chi connectivity index (χ4v) is 8.67. The third-order valence-corrected chi connectivity index (χ3v) is 13.0. The highest BCUT2D eigenvalue weighted by Gasteiger charge is 2.23. The van der Waals surface area contributed by atoms with Crippen LogP contribution in [0.1, 0.15) is 303 Å². The lowest BCUT2D eigenvalue weighted by Gasteiger charge is -2.18. The number of carbonyl (C=O) groups is 3. The number of ether oxygens (including phenoxy) is 4. The van der Waals surface area contributed by atoms with Crippen molar-refractivity contribution >= 4 is 17.8 Å². The van der Waals surface area contributed by atoms with Crippen molar-refractivity contribution in [2.45, 2.75) is 309 Å². The normalized spacial score (nSPS) is 11.9. The summed E-state index contributed by atoms with van der Waals surface area (Å²) in [6.07, 6.45) is 53.9. The summed E-state index contributed by atoms with van der Waals surface area (Å²) in [6, 6.07) is -0.889. The minimum absolute atomic E-state index is 0.0208. The maximum atomic E-state index is 13.1. The molecule has 1 amide bonds. The van der Waals surface area contributed by atoms with Gasteiger partial charge in [-0.2, -0.15) is 0 Å². The fraction of sp³-hybridized carbons (Fsp3) is 0.947. The summed E-state index contributed by atoms with van der Waals surface area (Å²) >= 11 is 0. The Labute approximate surface area is 404 Å². The zero-order valence-electron chi connectivity index (χ0n) is 43.8. The van der Waals surface area contributed by atoms with Crippen molar-refractivity contribution < 1.29 is 33.3 Å². The second-order valence-corrected chi connectivity index (χ2v) is 19.5. The third kappa shape index (κ3) is 51.6. The van der Waals surface area contributed by atoms with Crippen molar-refractivity contribution in [3.05, 3.63) is 0 Å². The van der Waals surface area contributed by atoms with Gasteiger partial charge in [0.15, 0.2) is 0 Å². The quantitative estimate of drug-likeness (QED) is 0.0479. The number of unbranched alkanes of at least 4 members (excludes halogenated alkanes) is 38. The standard InChI is InChI=1S/C57H111NO7/c1-4-7-10-13-16-19-21-23-25-27-29-31-34-37-40-43-48-62-50-52-64-56(60)47-46-54(58-55(59)45-42-39-36-33-18-15-12-9-6-3)57(61)65-53-51-63-49-44-41-38-35-32-30-28-26-24-22-20-17-14-11-8-5-2/h54H,4-53H2,1-3H3,(H,58,59)/t54-/m0/s1. The Morgan fingerprint density at radius 2 is 0.615 bits per heavy atom. The van der Waals surface area contributed by atoms with E-state index in [0.717, 1.165) is 38.5 Å². The summed E-state index contributed by atoms with van der Waals surface area (Å²) in [7, 11) is 0.